The Kier molecular flexibility index (Phi) is 8.85. The van der Waals surface area contributed by atoms with Crippen LogP contribution in [0.15, 0.2) is 102 Å². The molecule has 0 amide bonds. The molecule has 4 aromatic carbocycles. The highest BCUT2D eigenvalue weighted by Crippen LogP contribution is 2.34. The maximum Gasteiger partial charge on any atom is 0.161 e. The van der Waals surface area contributed by atoms with E-state index in [1.165, 1.54) is 0 Å². The van der Waals surface area contributed by atoms with Gasteiger partial charge < -0.3 is 5.73 Å². The summed E-state index contributed by atoms with van der Waals surface area (Å²) in [6.07, 6.45) is 3.11. The molecule has 0 atom stereocenters. The Morgan fingerprint density at radius 1 is 0.651 bits per heavy atom. The van der Waals surface area contributed by atoms with Crippen molar-refractivity contribution in [3.63, 3.8) is 0 Å². The second-order valence-corrected chi connectivity index (χ2v) is 10.7. The summed E-state index contributed by atoms with van der Waals surface area (Å²) in [5.74, 6) is 0.959. The first-order chi connectivity index (χ1) is 20.8. The molecule has 6 nitrogen and oxygen atoms in total. The molecule has 0 aliphatic heterocycles. The lowest BCUT2D eigenvalue weighted by atomic mass is 10.0. The first kappa shape index (κ1) is 29.5. The van der Waals surface area contributed by atoms with Crippen LogP contribution in [0.1, 0.15) is 18.1 Å². The number of benzene rings is 4. The van der Waals surface area contributed by atoms with E-state index in [9.17, 15) is 0 Å². The van der Waals surface area contributed by atoms with Crippen LogP contribution in [-0.2, 0) is 0 Å². The van der Waals surface area contributed by atoms with Gasteiger partial charge in [-0.1, -0.05) is 83.3 Å². The number of nitrogens with zero attached hydrogens (tertiary/aromatic N) is 5. The maximum atomic E-state index is 9.05. The summed E-state index contributed by atoms with van der Waals surface area (Å²) in [4.78, 5) is 12.6. The molecule has 0 saturated heterocycles. The molecule has 0 unspecified atom stereocenters. The zero-order valence-electron chi connectivity index (χ0n) is 22.7. The molecule has 2 N–H and O–H groups in total. The first-order valence-corrected chi connectivity index (χ1v) is 14.0. The lowest BCUT2D eigenvalue weighted by Crippen LogP contribution is -2.04. The standard InChI is InChI=1S/C18H13ClN4.C16H8Cl2N2/c1-11(21)23-18-16-8-14(5-6-15(16)17(19)10-22-18)13-4-2-3-12(7-13)9-20;17-15-9-20-16(18)14-7-12(4-5-13(14)15)11-3-1-2-10(6-11)8-19/h2-8,10H,1H3,(H2,21,22,23);1-7,9H. The van der Waals surface area contributed by atoms with Crippen LogP contribution in [0.25, 0.3) is 43.8 Å². The number of aliphatic imine (C=N–C) groups is 1. The molecule has 2 heterocycles. The van der Waals surface area contributed by atoms with Crippen LogP contribution in [0.2, 0.25) is 15.2 Å². The van der Waals surface area contributed by atoms with E-state index < -0.39 is 0 Å². The van der Waals surface area contributed by atoms with Gasteiger partial charge in [0.1, 0.15) is 5.15 Å². The van der Waals surface area contributed by atoms with Crippen molar-refractivity contribution in [1.29, 1.82) is 10.5 Å². The van der Waals surface area contributed by atoms with E-state index in [2.05, 4.69) is 27.1 Å². The predicted molar refractivity (Wildman–Crippen MR) is 176 cm³/mol. The third-order valence-electron chi connectivity index (χ3n) is 6.54. The Balaban J connectivity index is 0.000000173. The third kappa shape index (κ3) is 6.59. The number of hydrogen-bond donors (Lipinski definition) is 1. The summed E-state index contributed by atoms with van der Waals surface area (Å²) >= 11 is 18.5. The van der Waals surface area contributed by atoms with Crippen molar-refractivity contribution >= 4 is 68.0 Å². The lowest BCUT2D eigenvalue weighted by Gasteiger charge is -2.08. The lowest BCUT2D eigenvalue weighted by molar-refractivity contribution is 1.29. The number of halogens is 3. The van der Waals surface area contributed by atoms with Gasteiger partial charge in [-0.25, -0.2) is 15.0 Å². The molecule has 0 bridgehead atoms. The van der Waals surface area contributed by atoms with E-state index in [4.69, 9.17) is 51.1 Å². The van der Waals surface area contributed by atoms with Gasteiger partial charge in [-0.3, -0.25) is 0 Å². The monoisotopic (exact) mass is 618 g/mol. The van der Waals surface area contributed by atoms with Gasteiger partial charge in [0.15, 0.2) is 5.82 Å². The number of nitriles is 2. The normalized spacial score (nSPS) is 11.0. The van der Waals surface area contributed by atoms with Crippen molar-refractivity contribution in [2.24, 2.45) is 10.7 Å². The van der Waals surface area contributed by atoms with E-state index in [0.717, 1.165) is 43.8 Å². The van der Waals surface area contributed by atoms with Gasteiger partial charge in [-0.15, -0.1) is 0 Å². The molecule has 0 saturated carbocycles. The number of fused-ring (bicyclic) bond motifs is 2. The van der Waals surface area contributed by atoms with Crippen molar-refractivity contribution in [2.75, 3.05) is 0 Å². The number of rotatable bonds is 3. The second kappa shape index (κ2) is 12.9. The Morgan fingerprint density at radius 2 is 1.14 bits per heavy atom. The fourth-order valence-electron chi connectivity index (χ4n) is 4.52. The highest BCUT2D eigenvalue weighted by Gasteiger charge is 2.09. The largest absolute Gasteiger partial charge is 0.387 e. The number of aromatic nitrogens is 2. The molecular weight excluding hydrogens is 599 g/mol. The molecule has 2 aromatic heterocycles. The topological polar surface area (TPSA) is 112 Å². The molecule has 0 radical (unpaired) electrons. The van der Waals surface area contributed by atoms with Gasteiger partial charge in [0.05, 0.1) is 39.1 Å². The van der Waals surface area contributed by atoms with Gasteiger partial charge in [-0.05, 0) is 65.6 Å². The fourth-order valence-corrected chi connectivity index (χ4v) is 5.15. The molecule has 6 aromatic rings. The van der Waals surface area contributed by atoms with Crippen molar-refractivity contribution in [3.8, 4) is 34.4 Å². The quantitative estimate of drug-likeness (QED) is 0.120. The van der Waals surface area contributed by atoms with E-state index in [-0.39, 0.29) is 0 Å². The summed E-state index contributed by atoms with van der Waals surface area (Å²) in [7, 11) is 0. The minimum atomic E-state index is 0.419. The molecule has 208 valence electrons. The van der Waals surface area contributed by atoms with Crippen LogP contribution < -0.4 is 5.73 Å². The van der Waals surface area contributed by atoms with Gasteiger partial charge in [0.2, 0.25) is 0 Å². The van der Waals surface area contributed by atoms with Crippen LogP contribution in [0, 0.1) is 22.7 Å². The van der Waals surface area contributed by atoms with Crippen LogP contribution in [-0.4, -0.2) is 15.8 Å². The summed E-state index contributed by atoms with van der Waals surface area (Å²) in [5.41, 5.74) is 10.8. The molecule has 0 fully saturated rings. The highest BCUT2D eigenvalue weighted by molar-refractivity contribution is 6.39. The SMILES string of the molecule is CC(N)=Nc1ncc(Cl)c2ccc(-c3cccc(C#N)c3)cc12.N#Cc1cccc(-c2ccc3c(Cl)cnc(Cl)c3c2)c1. The molecule has 0 spiro atoms. The number of hydrogen-bond acceptors (Lipinski definition) is 5. The Labute approximate surface area is 263 Å². The zero-order chi connectivity index (χ0) is 30.5. The molecule has 6 rings (SSSR count). The van der Waals surface area contributed by atoms with E-state index >= 15 is 0 Å². The van der Waals surface area contributed by atoms with Crippen molar-refractivity contribution in [2.45, 2.75) is 6.92 Å². The van der Waals surface area contributed by atoms with Crippen molar-refractivity contribution in [3.05, 3.63) is 124 Å². The molecule has 43 heavy (non-hydrogen) atoms. The number of nitrogens with two attached hydrogens (primary N) is 1. The zero-order valence-corrected chi connectivity index (χ0v) is 25.0. The molecule has 0 aliphatic rings. The van der Waals surface area contributed by atoms with Crippen molar-refractivity contribution in [1.82, 2.24) is 9.97 Å². The molecule has 0 aliphatic carbocycles. The Morgan fingerprint density at radius 3 is 1.67 bits per heavy atom. The summed E-state index contributed by atoms with van der Waals surface area (Å²) < 4.78 is 0. The first-order valence-electron chi connectivity index (χ1n) is 12.9. The number of pyridine rings is 2. The average Bonchev–Trinajstić information content (AvgIpc) is 3.04. The minimum absolute atomic E-state index is 0.419. The summed E-state index contributed by atoms with van der Waals surface area (Å²) in [6, 6.07) is 30.8. The fraction of sp³-hybridized carbons (Fsp3) is 0.0294. The highest BCUT2D eigenvalue weighted by atomic mass is 35.5. The molecular formula is C34H21Cl3N6. The van der Waals surface area contributed by atoms with Gasteiger partial charge in [0, 0.05) is 33.9 Å². The van der Waals surface area contributed by atoms with E-state index in [1.54, 1.807) is 31.5 Å². The third-order valence-corrected chi connectivity index (χ3v) is 7.44. The van der Waals surface area contributed by atoms with Crippen molar-refractivity contribution < 1.29 is 0 Å². The Hall–Kier alpha value is -4.98. The average molecular weight is 620 g/mol. The number of amidine groups is 1. The van der Waals surface area contributed by atoms with Gasteiger partial charge in [-0.2, -0.15) is 10.5 Å². The van der Waals surface area contributed by atoms with Crippen LogP contribution >= 0.6 is 34.8 Å². The van der Waals surface area contributed by atoms with E-state index in [1.807, 2.05) is 72.8 Å². The van der Waals surface area contributed by atoms with Crippen LogP contribution in [0.4, 0.5) is 5.82 Å². The minimum Gasteiger partial charge on any atom is -0.387 e. The second-order valence-electron chi connectivity index (χ2n) is 9.49. The van der Waals surface area contributed by atoms with Crippen LogP contribution in [0.3, 0.4) is 0 Å². The summed E-state index contributed by atoms with van der Waals surface area (Å²) in [5, 5.41) is 22.9. The van der Waals surface area contributed by atoms with Crippen LogP contribution in [0.5, 0.6) is 0 Å². The molecule has 9 heteroatoms. The smallest absolute Gasteiger partial charge is 0.161 e. The predicted octanol–water partition coefficient (Wildman–Crippen LogP) is 9.52. The Bertz CT molecular complexity index is 2120. The summed E-state index contributed by atoms with van der Waals surface area (Å²) in [6.45, 7) is 1.71. The van der Waals surface area contributed by atoms with Gasteiger partial charge in [0.25, 0.3) is 0 Å². The van der Waals surface area contributed by atoms with E-state index in [0.29, 0.717) is 38.0 Å². The van der Waals surface area contributed by atoms with Gasteiger partial charge >= 0.3 is 0 Å². The maximum absolute atomic E-state index is 9.05.